The van der Waals surface area contributed by atoms with E-state index in [-0.39, 0.29) is 11.7 Å². The van der Waals surface area contributed by atoms with Crippen molar-refractivity contribution in [3.63, 3.8) is 0 Å². The monoisotopic (exact) mass is 206 g/mol. The van der Waals surface area contributed by atoms with Crippen LogP contribution in [0.1, 0.15) is 54.8 Å². The van der Waals surface area contributed by atoms with Crippen molar-refractivity contribution in [3.05, 3.63) is 23.7 Å². The highest BCUT2D eigenvalue weighted by Gasteiger charge is 2.23. The second-order valence-corrected chi connectivity index (χ2v) is 4.46. The predicted octanol–water partition coefficient (Wildman–Crippen LogP) is 3.74. The first-order chi connectivity index (χ1) is 7.27. The number of hydrogen-bond acceptors (Lipinski definition) is 2. The van der Waals surface area contributed by atoms with E-state index in [1.807, 2.05) is 19.1 Å². The number of carbonyl (C=O) groups is 1. The number of ketones is 1. The van der Waals surface area contributed by atoms with Crippen molar-refractivity contribution in [2.24, 2.45) is 5.92 Å². The van der Waals surface area contributed by atoms with E-state index in [2.05, 4.69) is 0 Å². The molecule has 0 N–H and O–H groups in total. The third-order valence-electron chi connectivity index (χ3n) is 3.21. The Hall–Kier alpha value is -1.05. The Morgan fingerprint density at radius 2 is 1.87 bits per heavy atom. The van der Waals surface area contributed by atoms with Gasteiger partial charge in [0.05, 0.1) is 0 Å². The molecule has 0 radical (unpaired) electrons. The van der Waals surface area contributed by atoms with E-state index in [0.29, 0.717) is 5.76 Å². The molecule has 2 nitrogen and oxygen atoms in total. The van der Waals surface area contributed by atoms with E-state index in [9.17, 15) is 4.79 Å². The topological polar surface area (TPSA) is 30.2 Å². The van der Waals surface area contributed by atoms with Crippen LogP contribution in [0.4, 0.5) is 0 Å². The first kappa shape index (κ1) is 10.5. The highest BCUT2D eigenvalue weighted by atomic mass is 16.3. The summed E-state index contributed by atoms with van der Waals surface area (Å²) in [6, 6.07) is 3.67. The molecule has 1 fully saturated rings. The van der Waals surface area contributed by atoms with Crippen LogP contribution in [0.15, 0.2) is 16.5 Å². The van der Waals surface area contributed by atoms with Gasteiger partial charge in [-0.25, -0.2) is 0 Å². The molecule has 0 aromatic carbocycles. The minimum Gasteiger partial charge on any atom is -0.458 e. The fourth-order valence-electron chi connectivity index (χ4n) is 2.31. The van der Waals surface area contributed by atoms with Gasteiger partial charge in [0.1, 0.15) is 5.76 Å². The fourth-order valence-corrected chi connectivity index (χ4v) is 2.31. The summed E-state index contributed by atoms with van der Waals surface area (Å²) in [5.41, 5.74) is 0. The number of Topliss-reactive ketones (excluding diaryl/α,β-unsaturated/α-hetero) is 1. The molecule has 1 aliphatic rings. The normalized spacial score (nSPS) is 18.7. The summed E-state index contributed by atoms with van der Waals surface area (Å²) < 4.78 is 5.39. The summed E-state index contributed by atoms with van der Waals surface area (Å²) in [6.07, 6.45) is 7.02. The van der Waals surface area contributed by atoms with Crippen LogP contribution in [0, 0.1) is 12.8 Å². The molecule has 0 saturated heterocycles. The van der Waals surface area contributed by atoms with Crippen LogP contribution in [0.25, 0.3) is 0 Å². The molecule has 0 aliphatic heterocycles. The van der Waals surface area contributed by atoms with Crippen molar-refractivity contribution in [2.45, 2.75) is 45.4 Å². The summed E-state index contributed by atoms with van der Waals surface area (Å²) in [7, 11) is 0. The Kier molecular flexibility index (Phi) is 3.24. The molecule has 2 heteroatoms. The Bertz CT molecular complexity index is 330. The molecule has 0 unspecified atom stereocenters. The van der Waals surface area contributed by atoms with Crippen LogP contribution in [0.3, 0.4) is 0 Å². The summed E-state index contributed by atoms with van der Waals surface area (Å²) in [5.74, 6) is 1.80. The molecular formula is C13H18O2. The molecule has 15 heavy (non-hydrogen) atoms. The van der Waals surface area contributed by atoms with Gasteiger partial charge in [-0.2, -0.15) is 0 Å². The summed E-state index contributed by atoms with van der Waals surface area (Å²) in [4.78, 5) is 12.1. The van der Waals surface area contributed by atoms with E-state index in [0.717, 1.165) is 18.6 Å². The first-order valence-electron chi connectivity index (χ1n) is 5.88. The summed E-state index contributed by atoms with van der Waals surface area (Å²) in [5, 5.41) is 0. The molecule has 1 aromatic heterocycles. The second-order valence-electron chi connectivity index (χ2n) is 4.46. The fraction of sp³-hybridized carbons (Fsp3) is 0.615. The lowest BCUT2D eigenvalue weighted by molar-refractivity contribution is 0.0878. The zero-order valence-corrected chi connectivity index (χ0v) is 9.29. The van der Waals surface area contributed by atoms with Crippen LogP contribution in [0.2, 0.25) is 0 Å². The van der Waals surface area contributed by atoms with Crippen LogP contribution in [0.5, 0.6) is 0 Å². The smallest absolute Gasteiger partial charge is 0.201 e. The van der Waals surface area contributed by atoms with Gasteiger partial charge in [0.25, 0.3) is 0 Å². The van der Waals surface area contributed by atoms with Crippen LogP contribution < -0.4 is 0 Å². The van der Waals surface area contributed by atoms with E-state index in [1.165, 1.54) is 25.7 Å². The lowest BCUT2D eigenvalue weighted by Gasteiger charge is -2.10. The van der Waals surface area contributed by atoms with Crippen LogP contribution >= 0.6 is 0 Å². The molecule has 0 amide bonds. The zero-order valence-electron chi connectivity index (χ0n) is 9.29. The van der Waals surface area contributed by atoms with Crippen LogP contribution in [-0.4, -0.2) is 5.78 Å². The maximum atomic E-state index is 12.1. The van der Waals surface area contributed by atoms with Crippen molar-refractivity contribution < 1.29 is 9.21 Å². The van der Waals surface area contributed by atoms with Gasteiger partial charge in [0, 0.05) is 5.92 Å². The Labute approximate surface area is 90.7 Å². The molecule has 1 aliphatic carbocycles. The number of carbonyl (C=O) groups excluding carboxylic acids is 1. The van der Waals surface area contributed by atoms with Crippen molar-refractivity contribution >= 4 is 5.78 Å². The van der Waals surface area contributed by atoms with Gasteiger partial charge in [-0.05, 0) is 31.9 Å². The van der Waals surface area contributed by atoms with Crippen molar-refractivity contribution in [2.75, 3.05) is 0 Å². The SMILES string of the molecule is Cc1ccc(C(=O)C2CCCCCC2)o1. The molecule has 0 bridgehead atoms. The largest absolute Gasteiger partial charge is 0.458 e. The second kappa shape index (κ2) is 4.65. The number of furan rings is 1. The number of hydrogen-bond donors (Lipinski definition) is 0. The molecule has 82 valence electrons. The van der Waals surface area contributed by atoms with Gasteiger partial charge < -0.3 is 4.42 Å². The molecule has 1 saturated carbocycles. The van der Waals surface area contributed by atoms with E-state index in [1.54, 1.807) is 0 Å². The average Bonchev–Trinajstić information content (AvgIpc) is 2.53. The molecular weight excluding hydrogens is 188 g/mol. The predicted molar refractivity (Wildman–Crippen MR) is 59.0 cm³/mol. The third-order valence-corrected chi connectivity index (χ3v) is 3.21. The maximum Gasteiger partial charge on any atom is 0.201 e. The molecule has 0 atom stereocenters. The number of rotatable bonds is 2. The van der Waals surface area contributed by atoms with Gasteiger partial charge in [-0.15, -0.1) is 0 Å². The quantitative estimate of drug-likeness (QED) is 0.545. The molecule has 2 rings (SSSR count). The van der Waals surface area contributed by atoms with Gasteiger partial charge in [-0.3, -0.25) is 4.79 Å². The lowest BCUT2D eigenvalue weighted by Crippen LogP contribution is -2.13. The average molecular weight is 206 g/mol. The Morgan fingerprint density at radius 1 is 1.20 bits per heavy atom. The van der Waals surface area contributed by atoms with E-state index < -0.39 is 0 Å². The third kappa shape index (κ3) is 2.49. The van der Waals surface area contributed by atoms with Crippen molar-refractivity contribution in [1.82, 2.24) is 0 Å². The lowest BCUT2D eigenvalue weighted by atomic mass is 9.94. The van der Waals surface area contributed by atoms with Crippen molar-refractivity contribution in [3.8, 4) is 0 Å². The van der Waals surface area contributed by atoms with Gasteiger partial charge in [0.2, 0.25) is 5.78 Å². The highest BCUT2D eigenvalue weighted by molar-refractivity contribution is 5.95. The summed E-state index contributed by atoms with van der Waals surface area (Å²) in [6.45, 7) is 1.88. The maximum absolute atomic E-state index is 12.1. The minimum absolute atomic E-state index is 0.207. The molecule has 1 heterocycles. The zero-order chi connectivity index (χ0) is 10.7. The highest BCUT2D eigenvalue weighted by Crippen LogP contribution is 2.26. The van der Waals surface area contributed by atoms with Gasteiger partial charge in [0.15, 0.2) is 5.76 Å². The Balaban J connectivity index is 2.06. The summed E-state index contributed by atoms with van der Waals surface area (Å²) >= 11 is 0. The molecule has 1 aromatic rings. The van der Waals surface area contributed by atoms with Gasteiger partial charge >= 0.3 is 0 Å². The van der Waals surface area contributed by atoms with Gasteiger partial charge in [-0.1, -0.05) is 25.7 Å². The van der Waals surface area contributed by atoms with E-state index >= 15 is 0 Å². The van der Waals surface area contributed by atoms with Crippen LogP contribution in [-0.2, 0) is 0 Å². The number of aryl methyl sites for hydroxylation is 1. The first-order valence-corrected chi connectivity index (χ1v) is 5.88. The minimum atomic E-state index is 0.207. The van der Waals surface area contributed by atoms with Crippen molar-refractivity contribution in [1.29, 1.82) is 0 Å². The molecule has 0 spiro atoms. The standard InChI is InChI=1S/C13H18O2/c1-10-8-9-12(15-10)13(14)11-6-4-2-3-5-7-11/h8-9,11H,2-7H2,1H3. The van der Waals surface area contributed by atoms with E-state index in [4.69, 9.17) is 4.42 Å². The Morgan fingerprint density at radius 3 is 2.40 bits per heavy atom.